The molecule has 262 valence electrons. The minimum Gasteiger partial charge on any atom is -0.456 e. The summed E-state index contributed by atoms with van der Waals surface area (Å²) in [6, 6.07) is 68.6. The van der Waals surface area contributed by atoms with Gasteiger partial charge < -0.3 is 9.32 Å². The van der Waals surface area contributed by atoms with Crippen LogP contribution in [0.25, 0.3) is 88.0 Å². The summed E-state index contributed by atoms with van der Waals surface area (Å²) in [6.07, 6.45) is 1.83. The number of nitrogens with zero attached hydrogens (tertiary/aromatic N) is 3. The van der Waals surface area contributed by atoms with Crippen LogP contribution in [0.15, 0.2) is 205 Å². The summed E-state index contributed by atoms with van der Waals surface area (Å²) in [6.45, 7) is 0. The summed E-state index contributed by atoms with van der Waals surface area (Å²) < 4.78 is 6.39. The third-order valence-electron chi connectivity index (χ3n) is 10.9. The second-order valence-electron chi connectivity index (χ2n) is 14.2. The maximum absolute atomic E-state index is 6.39. The Bertz CT molecular complexity index is 3240. The first kappa shape index (κ1) is 31.9. The van der Waals surface area contributed by atoms with Crippen molar-refractivity contribution in [3.63, 3.8) is 0 Å². The Kier molecular flexibility index (Phi) is 7.46. The highest BCUT2D eigenvalue weighted by molar-refractivity contribution is 6.10. The van der Waals surface area contributed by atoms with E-state index < -0.39 is 0 Å². The molecule has 0 unspecified atom stereocenters. The number of rotatable bonds is 6. The van der Waals surface area contributed by atoms with Crippen LogP contribution in [0.1, 0.15) is 0 Å². The fourth-order valence-electron chi connectivity index (χ4n) is 8.12. The predicted molar refractivity (Wildman–Crippen MR) is 233 cm³/mol. The molecule has 0 saturated heterocycles. The van der Waals surface area contributed by atoms with Gasteiger partial charge in [-0.15, -0.1) is 0 Å². The summed E-state index contributed by atoms with van der Waals surface area (Å²) in [5, 5.41) is 8.14. The molecule has 0 aliphatic carbocycles. The van der Waals surface area contributed by atoms with Gasteiger partial charge in [0.25, 0.3) is 0 Å². The van der Waals surface area contributed by atoms with Crippen molar-refractivity contribution in [1.29, 1.82) is 0 Å². The van der Waals surface area contributed by atoms with E-state index in [0.29, 0.717) is 0 Å². The number of benzene rings is 8. The van der Waals surface area contributed by atoms with Crippen molar-refractivity contribution in [2.75, 3.05) is 4.90 Å². The van der Waals surface area contributed by atoms with E-state index in [1.165, 1.54) is 32.7 Å². The van der Waals surface area contributed by atoms with Gasteiger partial charge in [0.2, 0.25) is 0 Å². The lowest BCUT2D eigenvalue weighted by Gasteiger charge is -2.26. The van der Waals surface area contributed by atoms with Crippen LogP contribution >= 0.6 is 0 Å². The van der Waals surface area contributed by atoms with Crippen LogP contribution in [0.5, 0.6) is 0 Å². The minimum atomic E-state index is 0.855. The first-order chi connectivity index (χ1) is 27.7. The molecule has 4 heteroatoms. The number of furan rings is 1. The molecule has 0 saturated carbocycles. The highest BCUT2D eigenvalue weighted by Crippen LogP contribution is 2.41. The number of anilines is 3. The quantitative estimate of drug-likeness (QED) is 0.161. The minimum absolute atomic E-state index is 0.855. The van der Waals surface area contributed by atoms with Gasteiger partial charge in [-0.25, -0.2) is 4.98 Å². The summed E-state index contributed by atoms with van der Waals surface area (Å²) in [4.78, 5) is 12.2. The maximum atomic E-state index is 6.39. The van der Waals surface area contributed by atoms with Crippen molar-refractivity contribution in [2.45, 2.75) is 0 Å². The van der Waals surface area contributed by atoms with E-state index in [9.17, 15) is 0 Å². The van der Waals surface area contributed by atoms with E-state index in [2.05, 4.69) is 163 Å². The molecule has 0 N–H and O–H groups in total. The van der Waals surface area contributed by atoms with E-state index in [1.54, 1.807) is 0 Å². The molecule has 56 heavy (non-hydrogen) atoms. The largest absolute Gasteiger partial charge is 0.456 e. The van der Waals surface area contributed by atoms with Crippen LogP contribution in [0.3, 0.4) is 0 Å². The Morgan fingerprint density at radius 3 is 1.80 bits per heavy atom. The topological polar surface area (TPSA) is 42.2 Å². The first-order valence-corrected chi connectivity index (χ1v) is 18.9. The van der Waals surface area contributed by atoms with E-state index >= 15 is 0 Å². The summed E-state index contributed by atoms with van der Waals surface area (Å²) in [5.74, 6) is 0. The normalized spacial score (nSPS) is 11.6. The number of hydrogen-bond acceptors (Lipinski definition) is 4. The van der Waals surface area contributed by atoms with E-state index in [1.807, 2.05) is 42.6 Å². The lowest BCUT2D eigenvalue weighted by molar-refractivity contribution is 0.669. The zero-order valence-electron chi connectivity index (χ0n) is 30.3. The molecule has 0 atom stereocenters. The Morgan fingerprint density at radius 1 is 0.375 bits per heavy atom. The van der Waals surface area contributed by atoms with Gasteiger partial charge in [-0.3, -0.25) is 4.98 Å². The van der Waals surface area contributed by atoms with Crippen molar-refractivity contribution < 1.29 is 4.42 Å². The van der Waals surface area contributed by atoms with E-state index in [-0.39, 0.29) is 0 Å². The number of pyridine rings is 2. The number of fused-ring (bicyclic) bond motifs is 7. The smallest absolute Gasteiger partial charge is 0.137 e. The lowest BCUT2D eigenvalue weighted by Crippen LogP contribution is -2.09. The highest BCUT2D eigenvalue weighted by atomic mass is 16.3. The highest BCUT2D eigenvalue weighted by Gasteiger charge is 2.18. The van der Waals surface area contributed by atoms with Gasteiger partial charge in [-0.05, 0) is 93.3 Å². The molecular formula is C52H33N3O. The van der Waals surface area contributed by atoms with Crippen LogP contribution in [-0.4, -0.2) is 9.97 Å². The lowest BCUT2D eigenvalue weighted by atomic mass is 9.97. The van der Waals surface area contributed by atoms with E-state index in [4.69, 9.17) is 14.4 Å². The number of hydrogen-bond donors (Lipinski definition) is 0. The molecule has 8 aromatic carbocycles. The first-order valence-electron chi connectivity index (χ1n) is 18.9. The second kappa shape index (κ2) is 13.1. The third-order valence-corrected chi connectivity index (χ3v) is 10.9. The molecule has 3 heterocycles. The summed E-state index contributed by atoms with van der Waals surface area (Å²) >= 11 is 0. The van der Waals surface area contributed by atoms with Crippen molar-refractivity contribution in [1.82, 2.24) is 9.97 Å². The SMILES string of the molecule is c1ccc(-c2ccc3c(ccc4cc(N(c5ccc(-c6cc7cccnc7c(-c7ccccc7)n6)cc5)c5ccc6c(c5)oc5ccccc56)ccc43)c2)cc1. The molecule has 11 rings (SSSR count). The van der Waals surface area contributed by atoms with Gasteiger partial charge in [-0.1, -0.05) is 127 Å². The third kappa shape index (κ3) is 5.47. The van der Waals surface area contributed by atoms with Crippen molar-refractivity contribution in [2.24, 2.45) is 0 Å². The van der Waals surface area contributed by atoms with Crippen LogP contribution in [-0.2, 0) is 0 Å². The van der Waals surface area contributed by atoms with Crippen LogP contribution in [0, 0.1) is 0 Å². The molecule has 3 aromatic heterocycles. The van der Waals surface area contributed by atoms with Gasteiger partial charge in [0.05, 0.1) is 16.9 Å². The predicted octanol–water partition coefficient (Wildman–Crippen LogP) is 14.3. The average molecular weight is 716 g/mol. The maximum Gasteiger partial charge on any atom is 0.137 e. The molecule has 0 aliphatic heterocycles. The molecule has 0 fully saturated rings. The van der Waals surface area contributed by atoms with Gasteiger partial charge in [-0.2, -0.15) is 0 Å². The van der Waals surface area contributed by atoms with Crippen molar-refractivity contribution >= 4 is 71.4 Å². The van der Waals surface area contributed by atoms with Gasteiger partial charge >= 0.3 is 0 Å². The standard InChI is InChI=1S/C52H33N3O/c1-3-10-34(11-4-1)37-21-26-44-38(30-37)17-18-39-31-42(24-27-45(39)44)55(43-25-28-47-46-15-7-8-16-49(46)56-50(47)33-43)41-22-19-35(20-23-41)48-32-40-14-9-29-53-51(40)52(54-48)36-12-5-2-6-13-36/h1-33H. The van der Waals surface area contributed by atoms with Gasteiger partial charge in [0, 0.05) is 56.6 Å². The Balaban J connectivity index is 1.04. The molecule has 4 nitrogen and oxygen atoms in total. The molecule has 0 amide bonds. The summed E-state index contributed by atoms with van der Waals surface area (Å²) in [5.41, 5.74) is 12.0. The van der Waals surface area contributed by atoms with Crippen molar-refractivity contribution in [3.8, 4) is 33.6 Å². The van der Waals surface area contributed by atoms with Crippen LogP contribution in [0.2, 0.25) is 0 Å². The zero-order chi connectivity index (χ0) is 37.0. The Hall–Kier alpha value is -7.56. The molecule has 0 spiro atoms. The fourth-order valence-corrected chi connectivity index (χ4v) is 8.12. The average Bonchev–Trinajstić information content (AvgIpc) is 3.64. The second-order valence-corrected chi connectivity index (χ2v) is 14.2. The summed E-state index contributed by atoms with van der Waals surface area (Å²) in [7, 11) is 0. The molecule has 11 aromatic rings. The molecule has 0 radical (unpaired) electrons. The van der Waals surface area contributed by atoms with Crippen LogP contribution < -0.4 is 4.90 Å². The molecule has 0 aliphatic rings. The molecular weight excluding hydrogens is 683 g/mol. The molecule has 0 bridgehead atoms. The zero-order valence-corrected chi connectivity index (χ0v) is 30.3. The number of aromatic nitrogens is 2. The van der Waals surface area contributed by atoms with Gasteiger partial charge in [0.15, 0.2) is 0 Å². The van der Waals surface area contributed by atoms with E-state index in [0.717, 1.165) is 72.4 Å². The fraction of sp³-hybridized carbons (Fsp3) is 0. The number of para-hydroxylation sites is 1. The Morgan fingerprint density at radius 2 is 1.00 bits per heavy atom. The van der Waals surface area contributed by atoms with Crippen molar-refractivity contribution in [3.05, 3.63) is 200 Å². The van der Waals surface area contributed by atoms with Crippen LogP contribution in [0.4, 0.5) is 17.1 Å². The van der Waals surface area contributed by atoms with Gasteiger partial charge in [0.1, 0.15) is 11.2 Å². The monoisotopic (exact) mass is 715 g/mol. The Labute approximate surface area is 323 Å².